The summed E-state index contributed by atoms with van der Waals surface area (Å²) in [5, 5.41) is 9.05. The van der Waals surface area contributed by atoms with Gasteiger partial charge in [-0.15, -0.1) is 0 Å². The first-order chi connectivity index (χ1) is 6.24. The molecule has 1 fully saturated rings. The molecule has 1 unspecified atom stereocenters. The maximum Gasteiger partial charge on any atom is 0.158 e. The molecule has 3 heteroatoms. The van der Waals surface area contributed by atoms with Gasteiger partial charge in [-0.3, -0.25) is 0 Å². The molecule has 1 rings (SSSR count). The van der Waals surface area contributed by atoms with Crippen LogP contribution in [0, 0.1) is 5.92 Å². The maximum absolute atomic E-state index is 9.05. The Labute approximate surface area is 80.0 Å². The second-order valence-electron chi connectivity index (χ2n) is 3.90. The summed E-state index contributed by atoms with van der Waals surface area (Å²) < 4.78 is 11.1. The Kier molecular flexibility index (Phi) is 4.70. The third-order valence-corrected chi connectivity index (χ3v) is 2.39. The first kappa shape index (κ1) is 11.0. The normalized spacial score (nSPS) is 26.3. The Bertz CT molecular complexity index is 130. The van der Waals surface area contributed by atoms with Gasteiger partial charge >= 0.3 is 0 Å². The SMILES string of the molecule is CC(C)[C@H](CO)OC1CCCCO1. The molecule has 3 nitrogen and oxygen atoms in total. The van der Waals surface area contributed by atoms with Crippen LogP contribution in [0.4, 0.5) is 0 Å². The molecule has 0 aliphatic carbocycles. The van der Waals surface area contributed by atoms with Crippen molar-refractivity contribution in [2.24, 2.45) is 5.92 Å². The van der Waals surface area contributed by atoms with Crippen molar-refractivity contribution in [2.45, 2.75) is 45.5 Å². The molecule has 0 radical (unpaired) electrons. The summed E-state index contributed by atoms with van der Waals surface area (Å²) >= 11 is 0. The molecule has 0 aromatic carbocycles. The van der Waals surface area contributed by atoms with Crippen molar-refractivity contribution in [1.82, 2.24) is 0 Å². The Morgan fingerprint density at radius 3 is 2.69 bits per heavy atom. The van der Waals surface area contributed by atoms with E-state index in [2.05, 4.69) is 0 Å². The van der Waals surface area contributed by atoms with E-state index in [1.165, 1.54) is 6.42 Å². The molecule has 0 aromatic rings. The van der Waals surface area contributed by atoms with Crippen molar-refractivity contribution < 1.29 is 14.6 Å². The highest BCUT2D eigenvalue weighted by Gasteiger charge is 2.21. The van der Waals surface area contributed by atoms with Gasteiger partial charge in [0, 0.05) is 6.61 Å². The van der Waals surface area contributed by atoms with Gasteiger partial charge in [0.15, 0.2) is 6.29 Å². The molecule has 0 spiro atoms. The smallest absolute Gasteiger partial charge is 0.158 e. The van der Waals surface area contributed by atoms with Gasteiger partial charge in [0.2, 0.25) is 0 Å². The summed E-state index contributed by atoms with van der Waals surface area (Å²) in [6.45, 7) is 4.96. The van der Waals surface area contributed by atoms with E-state index in [0.29, 0.717) is 5.92 Å². The highest BCUT2D eigenvalue weighted by Crippen LogP contribution is 2.17. The molecule has 0 bridgehead atoms. The fourth-order valence-corrected chi connectivity index (χ4v) is 1.42. The van der Waals surface area contributed by atoms with Crippen LogP contribution in [0.25, 0.3) is 0 Å². The molecule has 2 atom stereocenters. The highest BCUT2D eigenvalue weighted by molar-refractivity contribution is 4.63. The second-order valence-corrected chi connectivity index (χ2v) is 3.90. The predicted octanol–water partition coefficient (Wildman–Crippen LogP) is 1.55. The quantitative estimate of drug-likeness (QED) is 0.727. The molecule has 0 aromatic heterocycles. The van der Waals surface area contributed by atoms with E-state index in [4.69, 9.17) is 14.6 Å². The van der Waals surface area contributed by atoms with Crippen molar-refractivity contribution in [2.75, 3.05) is 13.2 Å². The molecule has 1 aliphatic heterocycles. The number of aliphatic hydroxyl groups excluding tert-OH is 1. The van der Waals surface area contributed by atoms with E-state index in [1.54, 1.807) is 0 Å². The zero-order chi connectivity index (χ0) is 9.68. The minimum atomic E-state index is -0.0895. The fraction of sp³-hybridized carbons (Fsp3) is 1.00. The molecule has 13 heavy (non-hydrogen) atoms. The molecule has 1 N–H and O–H groups in total. The minimum Gasteiger partial charge on any atom is -0.394 e. The first-order valence-corrected chi connectivity index (χ1v) is 5.12. The molecule has 0 amide bonds. The summed E-state index contributed by atoms with van der Waals surface area (Å²) in [5.74, 6) is 0.343. The van der Waals surface area contributed by atoms with Crippen LogP contribution in [0.15, 0.2) is 0 Å². The third kappa shape index (κ3) is 3.63. The lowest BCUT2D eigenvalue weighted by molar-refractivity contribution is -0.203. The van der Waals surface area contributed by atoms with Gasteiger partial charge in [-0.25, -0.2) is 0 Å². The van der Waals surface area contributed by atoms with Crippen molar-refractivity contribution in [3.05, 3.63) is 0 Å². The van der Waals surface area contributed by atoms with E-state index in [-0.39, 0.29) is 19.0 Å². The third-order valence-electron chi connectivity index (χ3n) is 2.39. The molecule has 78 valence electrons. The Balaban J connectivity index is 2.27. The van der Waals surface area contributed by atoms with Crippen LogP contribution in [0.3, 0.4) is 0 Å². The topological polar surface area (TPSA) is 38.7 Å². The second kappa shape index (κ2) is 5.58. The van der Waals surface area contributed by atoms with E-state index in [1.807, 2.05) is 13.8 Å². The average Bonchev–Trinajstić information content (AvgIpc) is 2.15. The lowest BCUT2D eigenvalue weighted by Crippen LogP contribution is -2.33. The van der Waals surface area contributed by atoms with Gasteiger partial charge in [-0.1, -0.05) is 13.8 Å². The number of hydrogen-bond acceptors (Lipinski definition) is 3. The Morgan fingerprint density at radius 1 is 1.46 bits per heavy atom. The first-order valence-electron chi connectivity index (χ1n) is 5.12. The van der Waals surface area contributed by atoms with Crippen LogP contribution >= 0.6 is 0 Å². The molecular weight excluding hydrogens is 168 g/mol. The molecular formula is C10H20O3. The van der Waals surface area contributed by atoms with Gasteiger partial charge in [-0.2, -0.15) is 0 Å². The standard InChI is InChI=1S/C10H20O3/c1-8(2)9(7-11)13-10-5-3-4-6-12-10/h8-11H,3-7H2,1-2H3/t9-,10?/m0/s1. The summed E-state index contributed by atoms with van der Waals surface area (Å²) in [6, 6.07) is 0. The molecule has 1 heterocycles. The summed E-state index contributed by atoms with van der Waals surface area (Å²) in [6.07, 6.45) is 3.09. The number of ether oxygens (including phenoxy) is 2. The Morgan fingerprint density at radius 2 is 2.23 bits per heavy atom. The Hall–Kier alpha value is -0.120. The number of aliphatic hydroxyl groups is 1. The van der Waals surface area contributed by atoms with Crippen molar-refractivity contribution in [3.8, 4) is 0 Å². The number of hydrogen-bond donors (Lipinski definition) is 1. The lowest BCUT2D eigenvalue weighted by atomic mass is 10.1. The van der Waals surface area contributed by atoms with Crippen molar-refractivity contribution in [1.29, 1.82) is 0 Å². The van der Waals surface area contributed by atoms with Gasteiger partial charge in [-0.05, 0) is 25.2 Å². The van der Waals surface area contributed by atoms with Gasteiger partial charge in [0.25, 0.3) is 0 Å². The van der Waals surface area contributed by atoms with Gasteiger partial charge in [0.05, 0.1) is 12.7 Å². The molecule has 1 aliphatic rings. The van der Waals surface area contributed by atoms with Crippen LogP contribution in [0.1, 0.15) is 33.1 Å². The van der Waals surface area contributed by atoms with Crippen molar-refractivity contribution in [3.63, 3.8) is 0 Å². The van der Waals surface area contributed by atoms with E-state index < -0.39 is 0 Å². The van der Waals surface area contributed by atoms with Crippen LogP contribution in [0.2, 0.25) is 0 Å². The number of rotatable bonds is 4. The van der Waals surface area contributed by atoms with Gasteiger partial charge in [0.1, 0.15) is 0 Å². The highest BCUT2D eigenvalue weighted by atomic mass is 16.7. The summed E-state index contributed by atoms with van der Waals surface area (Å²) in [5.41, 5.74) is 0. The van der Waals surface area contributed by atoms with E-state index in [9.17, 15) is 0 Å². The largest absolute Gasteiger partial charge is 0.394 e. The van der Waals surface area contributed by atoms with E-state index >= 15 is 0 Å². The average molecular weight is 188 g/mol. The molecule has 0 saturated carbocycles. The van der Waals surface area contributed by atoms with Crippen LogP contribution in [-0.4, -0.2) is 30.7 Å². The monoisotopic (exact) mass is 188 g/mol. The van der Waals surface area contributed by atoms with Gasteiger partial charge < -0.3 is 14.6 Å². The summed E-state index contributed by atoms with van der Waals surface area (Å²) in [4.78, 5) is 0. The fourth-order valence-electron chi connectivity index (χ4n) is 1.42. The predicted molar refractivity (Wildman–Crippen MR) is 50.4 cm³/mol. The maximum atomic E-state index is 9.05. The minimum absolute atomic E-state index is 0.0805. The van der Waals surface area contributed by atoms with Crippen molar-refractivity contribution >= 4 is 0 Å². The lowest BCUT2D eigenvalue weighted by Gasteiger charge is -2.28. The van der Waals surface area contributed by atoms with E-state index in [0.717, 1.165) is 19.4 Å². The van der Waals surface area contributed by atoms with Crippen LogP contribution < -0.4 is 0 Å². The summed E-state index contributed by atoms with van der Waals surface area (Å²) in [7, 11) is 0. The zero-order valence-corrected chi connectivity index (χ0v) is 8.53. The zero-order valence-electron chi connectivity index (χ0n) is 8.53. The molecule has 1 saturated heterocycles. The van der Waals surface area contributed by atoms with Crippen LogP contribution in [0.5, 0.6) is 0 Å². The van der Waals surface area contributed by atoms with Crippen LogP contribution in [-0.2, 0) is 9.47 Å².